The molecule has 0 saturated heterocycles. The summed E-state index contributed by atoms with van der Waals surface area (Å²) in [5.41, 5.74) is 1.32. The van der Waals surface area contributed by atoms with Crippen LogP contribution in [-0.2, 0) is 4.79 Å². The monoisotopic (exact) mass is 204 g/mol. The molecule has 0 aliphatic carbocycles. The fourth-order valence-electron chi connectivity index (χ4n) is 1.06. The first-order chi connectivity index (χ1) is 7.13. The van der Waals surface area contributed by atoms with Gasteiger partial charge in [0.1, 0.15) is 0 Å². The highest BCUT2D eigenvalue weighted by atomic mass is 16.4. The zero-order valence-corrected chi connectivity index (χ0v) is 8.40. The molecule has 1 aromatic carbocycles. The molecule has 0 heterocycles. The lowest BCUT2D eigenvalue weighted by atomic mass is 10.1. The van der Waals surface area contributed by atoms with E-state index in [1.807, 2.05) is 6.07 Å². The van der Waals surface area contributed by atoms with Crippen LogP contribution in [0.1, 0.15) is 12.5 Å². The number of carboxylic acids is 1. The second-order valence-corrected chi connectivity index (χ2v) is 3.31. The summed E-state index contributed by atoms with van der Waals surface area (Å²) in [6.45, 7) is 1.98. The number of aliphatic carboxylic acids is 1. The van der Waals surface area contributed by atoms with E-state index in [9.17, 15) is 4.79 Å². The largest absolute Gasteiger partial charge is 0.481 e. The van der Waals surface area contributed by atoms with Crippen LogP contribution in [0.25, 0.3) is 0 Å². The first kappa shape index (κ1) is 11.1. The highest BCUT2D eigenvalue weighted by Gasteiger charge is 2.09. The molecule has 1 aromatic rings. The molecule has 0 aliphatic rings. The number of nitriles is 1. The third kappa shape index (κ3) is 3.31. The number of rotatable bonds is 4. The van der Waals surface area contributed by atoms with Crippen LogP contribution in [0.2, 0.25) is 0 Å². The Labute approximate surface area is 88.2 Å². The summed E-state index contributed by atoms with van der Waals surface area (Å²) in [6, 6.07) is 8.97. The Hall–Kier alpha value is -2.02. The lowest BCUT2D eigenvalue weighted by Crippen LogP contribution is -2.19. The third-order valence-corrected chi connectivity index (χ3v) is 2.03. The van der Waals surface area contributed by atoms with Crippen molar-refractivity contribution in [3.63, 3.8) is 0 Å². The lowest BCUT2D eigenvalue weighted by molar-refractivity contribution is -0.140. The van der Waals surface area contributed by atoms with Crippen molar-refractivity contribution in [2.75, 3.05) is 11.9 Å². The molecule has 1 rings (SSSR count). The van der Waals surface area contributed by atoms with E-state index in [1.54, 1.807) is 31.2 Å². The molecule has 4 heteroatoms. The Balaban J connectivity index is 2.58. The maximum absolute atomic E-state index is 10.6. The number of nitrogens with zero attached hydrogens (tertiary/aromatic N) is 1. The van der Waals surface area contributed by atoms with Crippen LogP contribution in [0.4, 0.5) is 5.69 Å². The van der Waals surface area contributed by atoms with Crippen LogP contribution in [-0.4, -0.2) is 17.6 Å². The SMILES string of the molecule is CC(CNc1cccc(C#N)c1)C(=O)O. The zero-order chi connectivity index (χ0) is 11.3. The minimum absolute atomic E-state index is 0.351. The van der Waals surface area contributed by atoms with E-state index < -0.39 is 11.9 Å². The van der Waals surface area contributed by atoms with Gasteiger partial charge in [-0.2, -0.15) is 5.26 Å². The highest BCUT2D eigenvalue weighted by molar-refractivity contribution is 5.70. The van der Waals surface area contributed by atoms with Crippen LogP contribution >= 0.6 is 0 Å². The van der Waals surface area contributed by atoms with Gasteiger partial charge in [-0.25, -0.2) is 0 Å². The molecule has 0 saturated carbocycles. The van der Waals surface area contributed by atoms with E-state index in [-0.39, 0.29) is 0 Å². The maximum Gasteiger partial charge on any atom is 0.308 e. The van der Waals surface area contributed by atoms with Crippen molar-refractivity contribution in [1.82, 2.24) is 0 Å². The Morgan fingerprint density at radius 1 is 1.67 bits per heavy atom. The quantitative estimate of drug-likeness (QED) is 0.782. The molecular weight excluding hydrogens is 192 g/mol. The van der Waals surface area contributed by atoms with Gasteiger partial charge in [-0.05, 0) is 18.2 Å². The van der Waals surface area contributed by atoms with Gasteiger partial charge in [-0.15, -0.1) is 0 Å². The van der Waals surface area contributed by atoms with Gasteiger partial charge in [0.15, 0.2) is 0 Å². The first-order valence-corrected chi connectivity index (χ1v) is 4.60. The van der Waals surface area contributed by atoms with Crippen molar-refractivity contribution in [3.05, 3.63) is 29.8 Å². The topological polar surface area (TPSA) is 73.1 Å². The Morgan fingerprint density at radius 3 is 3.00 bits per heavy atom. The predicted octanol–water partition coefficient (Wildman–Crippen LogP) is 1.69. The second kappa shape index (κ2) is 5.01. The molecule has 4 nitrogen and oxygen atoms in total. The van der Waals surface area contributed by atoms with E-state index in [4.69, 9.17) is 10.4 Å². The lowest BCUT2D eigenvalue weighted by Gasteiger charge is -2.09. The molecule has 1 unspecified atom stereocenters. The van der Waals surface area contributed by atoms with E-state index >= 15 is 0 Å². The van der Waals surface area contributed by atoms with Crippen LogP contribution in [0, 0.1) is 17.2 Å². The molecule has 1 atom stereocenters. The van der Waals surface area contributed by atoms with Crippen molar-refractivity contribution in [2.24, 2.45) is 5.92 Å². The molecule has 0 radical (unpaired) electrons. The molecule has 0 spiro atoms. The Morgan fingerprint density at radius 2 is 2.40 bits per heavy atom. The number of carbonyl (C=O) groups is 1. The summed E-state index contributed by atoms with van der Waals surface area (Å²) in [5, 5.41) is 20.3. The normalized spacial score (nSPS) is 11.5. The first-order valence-electron chi connectivity index (χ1n) is 4.60. The fourth-order valence-corrected chi connectivity index (χ4v) is 1.06. The minimum Gasteiger partial charge on any atom is -0.481 e. The standard InChI is InChI=1S/C11H12N2O2/c1-8(11(14)15)7-13-10-4-2-3-9(5-10)6-12/h2-5,8,13H,7H2,1H3,(H,14,15). The molecule has 0 fully saturated rings. The average molecular weight is 204 g/mol. The molecule has 78 valence electrons. The summed E-state index contributed by atoms with van der Waals surface area (Å²) in [4.78, 5) is 10.6. The number of nitrogens with one attached hydrogen (secondary N) is 1. The molecule has 0 aromatic heterocycles. The average Bonchev–Trinajstić information content (AvgIpc) is 2.26. The van der Waals surface area contributed by atoms with Gasteiger partial charge in [0.2, 0.25) is 0 Å². The summed E-state index contributed by atoms with van der Waals surface area (Å²) in [6.07, 6.45) is 0. The number of hydrogen-bond acceptors (Lipinski definition) is 3. The van der Waals surface area contributed by atoms with Crippen molar-refractivity contribution in [3.8, 4) is 6.07 Å². The predicted molar refractivity (Wildman–Crippen MR) is 56.4 cm³/mol. The van der Waals surface area contributed by atoms with Crippen molar-refractivity contribution >= 4 is 11.7 Å². The van der Waals surface area contributed by atoms with Gasteiger partial charge in [-0.3, -0.25) is 4.79 Å². The van der Waals surface area contributed by atoms with E-state index in [2.05, 4.69) is 5.32 Å². The summed E-state index contributed by atoms with van der Waals surface area (Å²) in [7, 11) is 0. The molecular formula is C11H12N2O2. The van der Waals surface area contributed by atoms with Gasteiger partial charge < -0.3 is 10.4 Å². The van der Waals surface area contributed by atoms with Gasteiger partial charge in [0.05, 0.1) is 17.6 Å². The van der Waals surface area contributed by atoms with E-state index in [0.717, 1.165) is 5.69 Å². The van der Waals surface area contributed by atoms with E-state index in [0.29, 0.717) is 12.1 Å². The van der Waals surface area contributed by atoms with Crippen molar-refractivity contribution < 1.29 is 9.90 Å². The number of hydrogen-bond donors (Lipinski definition) is 2. The van der Waals surface area contributed by atoms with Gasteiger partial charge in [-0.1, -0.05) is 13.0 Å². The highest BCUT2D eigenvalue weighted by Crippen LogP contribution is 2.10. The third-order valence-electron chi connectivity index (χ3n) is 2.03. The molecule has 0 bridgehead atoms. The second-order valence-electron chi connectivity index (χ2n) is 3.31. The smallest absolute Gasteiger partial charge is 0.308 e. The molecule has 0 amide bonds. The number of benzene rings is 1. The number of carboxylic acid groups (broad SMARTS) is 1. The summed E-state index contributed by atoms with van der Waals surface area (Å²) < 4.78 is 0. The van der Waals surface area contributed by atoms with Crippen molar-refractivity contribution in [1.29, 1.82) is 5.26 Å². The van der Waals surface area contributed by atoms with Crippen LogP contribution in [0.3, 0.4) is 0 Å². The van der Waals surface area contributed by atoms with Crippen molar-refractivity contribution in [2.45, 2.75) is 6.92 Å². The van der Waals surface area contributed by atoms with Gasteiger partial charge >= 0.3 is 5.97 Å². The Bertz CT molecular complexity index is 396. The molecule has 0 aliphatic heterocycles. The summed E-state index contributed by atoms with van der Waals surface area (Å²) in [5.74, 6) is -1.28. The minimum atomic E-state index is -0.834. The number of anilines is 1. The fraction of sp³-hybridized carbons (Fsp3) is 0.273. The maximum atomic E-state index is 10.6. The molecule has 15 heavy (non-hydrogen) atoms. The van der Waals surface area contributed by atoms with Gasteiger partial charge in [0, 0.05) is 12.2 Å². The van der Waals surface area contributed by atoms with E-state index in [1.165, 1.54) is 0 Å². The zero-order valence-electron chi connectivity index (χ0n) is 8.40. The van der Waals surface area contributed by atoms with Crippen LogP contribution in [0.15, 0.2) is 24.3 Å². The van der Waals surface area contributed by atoms with Crippen LogP contribution in [0.5, 0.6) is 0 Å². The summed E-state index contributed by atoms with van der Waals surface area (Å²) >= 11 is 0. The van der Waals surface area contributed by atoms with Gasteiger partial charge in [0.25, 0.3) is 0 Å². The Kier molecular flexibility index (Phi) is 3.69. The molecule has 2 N–H and O–H groups in total. The van der Waals surface area contributed by atoms with Crippen LogP contribution < -0.4 is 5.32 Å².